The van der Waals surface area contributed by atoms with Gasteiger partial charge in [0.2, 0.25) is 5.89 Å². The Kier molecular flexibility index (Phi) is 3.48. The largest absolute Gasteiger partial charge is 0.476 e. The van der Waals surface area contributed by atoms with Gasteiger partial charge in [0.1, 0.15) is 5.82 Å². The fraction of sp³-hybridized carbons (Fsp3) is 0. The first-order chi connectivity index (χ1) is 10.1. The molecule has 3 aromatic rings. The van der Waals surface area contributed by atoms with Crippen molar-refractivity contribution in [2.24, 2.45) is 0 Å². The molecule has 0 bridgehead atoms. The quantitative estimate of drug-likeness (QED) is 0.767. The molecule has 0 saturated heterocycles. The average Bonchev–Trinajstić information content (AvgIpc) is 3.07. The smallest absolute Gasteiger partial charge is 0.358 e. The molecule has 7 heteroatoms. The highest BCUT2D eigenvalue weighted by molar-refractivity contribution is 7.13. The number of hydrogen-bond donors (Lipinski definition) is 1. The molecule has 0 fully saturated rings. The number of carbonyl (C=O) groups is 1. The Morgan fingerprint density at radius 3 is 2.81 bits per heavy atom. The fourth-order valence-electron chi connectivity index (χ4n) is 1.83. The third kappa shape index (κ3) is 2.55. The summed E-state index contributed by atoms with van der Waals surface area (Å²) >= 11 is 7.33. The molecule has 0 aliphatic carbocycles. The van der Waals surface area contributed by atoms with Gasteiger partial charge < -0.3 is 9.52 Å². The highest BCUT2D eigenvalue weighted by Gasteiger charge is 2.23. The van der Waals surface area contributed by atoms with E-state index < -0.39 is 11.8 Å². The maximum Gasteiger partial charge on any atom is 0.358 e. The van der Waals surface area contributed by atoms with E-state index in [1.807, 2.05) is 5.38 Å². The normalized spacial score (nSPS) is 10.8. The predicted molar refractivity (Wildman–Crippen MR) is 77.2 cm³/mol. The summed E-state index contributed by atoms with van der Waals surface area (Å²) in [5, 5.41) is 11.1. The Labute approximate surface area is 127 Å². The number of nitrogens with zero attached hydrogens (tertiary/aromatic N) is 1. The molecule has 0 radical (unpaired) electrons. The summed E-state index contributed by atoms with van der Waals surface area (Å²) in [6.45, 7) is 0. The van der Waals surface area contributed by atoms with Crippen LogP contribution in [0.3, 0.4) is 0 Å². The first-order valence-electron chi connectivity index (χ1n) is 5.79. The van der Waals surface area contributed by atoms with E-state index in [0.29, 0.717) is 4.88 Å². The molecular formula is C14H7ClFNO3S. The van der Waals surface area contributed by atoms with Gasteiger partial charge in [0.15, 0.2) is 11.5 Å². The lowest BCUT2D eigenvalue weighted by Gasteiger charge is -2.01. The lowest BCUT2D eigenvalue weighted by atomic mass is 10.1. The second kappa shape index (κ2) is 5.31. The number of aromatic nitrogens is 1. The summed E-state index contributed by atoms with van der Waals surface area (Å²) in [6.07, 6.45) is 0. The van der Waals surface area contributed by atoms with Gasteiger partial charge in [0, 0.05) is 5.56 Å². The number of oxazole rings is 1. The average molecular weight is 324 g/mol. The standard InChI is InChI=1S/C14H7ClFNO3S/c15-9-6-7(16)3-4-8(9)12-11(14(18)19)17-13(20-12)10-2-1-5-21-10/h1-6H,(H,18,19). The Morgan fingerprint density at radius 1 is 1.38 bits per heavy atom. The van der Waals surface area contributed by atoms with Crippen molar-refractivity contribution >= 4 is 28.9 Å². The summed E-state index contributed by atoms with van der Waals surface area (Å²) < 4.78 is 18.6. The number of halogens is 2. The van der Waals surface area contributed by atoms with Gasteiger partial charge in [-0.1, -0.05) is 17.7 Å². The van der Waals surface area contributed by atoms with E-state index in [0.717, 1.165) is 6.07 Å². The first kappa shape index (κ1) is 13.8. The molecule has 106 valence electrons. The van der Waals surface area contributed by atoms with Crippen LogP contribution in [0.15, 0.2) is 40.1 Å². The third-order valence-corrected chi connectivity index (χ3v) is 3.91. The fourth-order valence-corrected chi connectivity index (χ4v) is 2.73. The van der Waals surface area contributed by atoms with Gasteiger partial charge in [-0.25, -0.2) is 14.2 Å². The zero-order valence-electron chi connectivity index (χ0n) is 10.3. The van der Waals surface area contributed by atoms with Crippen molar-refractivity contribution in [1.82, 2.24) is 4.98 Å². The summed E-state index contributed by atoms with van der Waals surface area (Å²) in [4.78, 5) is 16.0. The molecule has 0 spiro atoms. The van der Waals surface area contributed by atoms with Crippen LogP contribution in [0.1, 0.15) is 10.5 Å². The van der Waals surface area contributed by atoms with Crippen LogP contribution in [0.5, 0.6) is 0 Å². The van der Waals surface area contributed by atoms with Crippen LogP contribution in [-0.4, -0.2) is 16.1 Å². The van der Waals surface area contributed by atoms with Gasteiger partial charge in [0.25, 0.3) is 0 Å². The van der Waals surface area contributed by atoms with Crippen LogP contribution in [-0.2, 0) is 0 Å². The minimum absolute atomic E-state index is 0.0101. The Morgan fingerprint density at radius 2 is 2.19 bits per heavy atom. The van der Waals surface area contributed by atoms with Crippen LogP contribution >= 0.6 is 22.9 Å². The number of aromatic carboxylic acids is 1. The second-order valence-electron chi connectivity index (χ2n) is 4.10. The summed E-state index contributed by atoms with van der Waals surface area (Å²) in [5.41, 5.74) is 0.0256. The summed E-state index contributed by atoms with van der Waals surface area (Å²) in [7, 11) is 0. The zero-order chi connectivity index (χ0) is 15.0. The topological polar surface area (TPSA) is 63.3 Å². The number of thiophene rings is 1. The number of benzene rings is 1. The van der Waals surface area contributed by atoms with Crippen molar-refractivity contribution in [2.75, 3.05) is 0 Å². The molecule has 4 nitrogen and oxygen atoms in total. The predicted octanol–water partition coefficient (Wildman–Crippen LogP) is 4.56. The van der Waals surface area contributed by atoms with Crippen molar-refractivity contribution in [3.05, 3.63) is 52.2 Å². The minimum atomic E-state index is -1.24. The van der Waals surface area contributed by atoms with Crippen LogP contribution in [0.25, 0.3) is 22.1 Å². The van der Waals surface area contributed by atoms with E-state index in [-0.39, 0.29) is 27.9 Å². The number of hydrogen-bond acceptors (Lipinski definition) is 4. The number of carboxylic acids is 1. The molecule has 1 aromatic carbocycles. The molecule has 0 amide bonds. The van der Waals surface area contributed by atoms with E-state index in [1.165, 1.54) is 23.5 Å². The molecule has 3 rings (SSSR count). The monoisotopic (exact) mass is 323 g/mol. The first-order valence-corrected chi connectivity index (χ1v) is 7.05. The van der Waals surface area contributed by atoms with E-state index >= 15 is 0 Å². The maximum atomic E-state index is 13.1. The number of carboxylic acid groups (broad SMARTS) is 1. The van der Waals surface area contributed by atoms with Crippen molar-refractivity contribution < 1.29 is 18.7 Å². The van der Waals surface area contributed by atoms with Crippen molar-refractivity contribution in [3.8, 4) is 22.1 Å². The lowest BCUT2D eigenvalue weighted by Crippen LogP contribution is -1.99. The van der Waals surface area contributed by atoms with Crippen LogP contribution in [0.4, 0.5) is 4.39 Å². The Bertz CT molecular complexity index is 814. The van der Waals surface area contributed by atoms with Crippen molar-refractivity contribution in [1.29, 1.82) is 0 Å². The molecule has 0 aliphatic heterocycles. The van der Waals surface area contributed by atoms with E-state index in [1.54, 1.807) is 12.1 Å². The summed E-state index contributed by atoms with van der Waals surface area (Å²) in [5.74, 6) is -1.55. The van der Waals surface area contributed by atoms with Gasteiger partial charge in [-0.05, 0) is 29.6 Å². The highest BCUT2D eigenvalue weighted by atomic mass is 35.5. The molecule has 0 aliphatic rings. The molecule has 21 heavy (non-hydrogen) atoms. The minimum Gasteiger partial charge on any atom is -0.476 e. The molecule has 0 saturated carbocycles. The van der Waals surface area contributed by atoms with Gasteiger partial charge in [-0.15, -0.1) is 11.3 Å². The van der Waals surface area contributed by atoms with Gasteiger partial charge in [-0.3, -0.25) is 0 Å². The summed E-state index contributed by atoms with van der Waals surface area (Å²) in [6, 6.07) is 7.20. The molecule has 0 unspecified atom stereocenters. The van der Waals surface area contributed by atoms with Gasteiger partial charge >= 0.3 is 5.97 Å². The lowest BCUT2D eigenvalue weighted by molar-refractivity contribution is 0.0691. The highest BCUT2D eigenvalue weighted by Crippen LogP contribution is 2.35. The third-order valence-electron chi connectivity index (χ3n) is 2.74. The Balaban J connectivity index is 2.19. The second-order valence-corrected chi connectivity index (χ2v) is 5.46. The van der Waals surface area contributed by atoms with Gasteiger partial charge in [-0.2, -0.15) is 0 Å². The van der Waals surface area contributed by atoms with Gasteiger partial charge in [0.05, 0.1) is 9.90 Å². The van der Waals surface area contributed by atoms with Crippen LogP contribution in [0, 0.1) is 5.82 Å². The SMILES string of the molecule is O=C(O)c1nc(-c2cccs2)oc1-c1ccc(F)cc1Cl. The van der Waals surface area contributed by atoms with Crippen molar-refractivity contribution in [2.45, 2.75) is 0 Å². The molecule has 2 aromatic heterocycles. The van der Waals surface area contributed by atoms with E-state index in [9.17, 15) is 14.3 Å². The molecule has 1 N–H and O–H groups in total. The Hall–Kier alpha value is -2.18. The number of rotatable bonds is 3. The van der Waals surface area contributed by atoms with Crippen molar-refractivity contribution in [3.63, 3.8) is 0 Å². The van der Waals surface area contributed by atoms with E-state index in [2.05, 4.69) is 4.98 Å². The molecule has 0 atom stereocenters. The maximum absolute atomic E-state index is 13.1. The molecule has 2 heterocycles. The molecular weight excluding hydrogens is 317 g/mol. The van der Waals surface area contributed by atoms with Crippen LogP contribution in [0.2, 0.25) is 5.02 Å². The van der Waals surface area contributed by atoms with E-state index in [4.69, 9.17) is 16.0 Å². The van der Waals surface area contributed by atoms with Crippen LogP contribution < -0.4 is 0 Å². The zero-order valence-corrected chi connectivity index (χ0v) is 11.9.